The van der Waals surface area contributed by atoms with Gasteiger partial charge in [-0.15, -0.1) is 0 Å². The van der Waals surface area contributed by atoms with Crippen LogP contribution in [0.4, 0.5) is 0 Å². The van der Waals surface area contributed by atoms with Crippen LogP contribution in [0.2, 0.25) is 0 Å². The molecule has 3 heteroatoms. The van der Waals surface area contributed by atoms with Crippen LogP contribution in [-0.4, -0.2) is 43.1 Å². The fourth-order valence-corrected chi connectivity index (χ4v) is 3.21. The summed E-state index contributed by atoms with van der Waals surface area (Å²) in [6.45, 7) is 8.47. The molecule has 0 aliphatic rings. The molecule has 0 saturated heterocycles. The molecule has 1 aromatic carbocycles. The maximum Gasteiger partial charge on any atom is 0.124 e. The second kappa shape index (κ2) is 9.43. The topological polar surface area (TPSA) is 26.7 Å². The third-order valence-electron chi connectivity index (χ3n) is 4.68. The average Bonchev–Trinajstić information content (AvgIpc) is 2.46. The van der Waals surface area contributed by atoms with Crippen LogP contribution >= 0.6 is 0 Å². The monoisotopic (exact) mass is 334 g/mol. The van der Waals surface area contributed by atoms with Crippen LogP contribution in [-0.2, 0) is 18.5 Å². The summed E-state index contributed by atoms with van der Waals surface area (Å²) in [4.78, 5) is 4.24. The Bertz CT molecular complexity index is 476. The molecule has 0 amide bonds. The van der Waals surface area contributed by atoms with Gasteiger partial charge in [0.2, 0.25) is 0 Å². The molecule has 0 heterocycles. The fourth-order valence-electron chi connectivity index (χ4n) is 3.21. The van der Waals surface area contributed by atoms with E-state index < -0.39 is 0 Å². The highest BCUT2D eigenvalue weighted by Crippen LogP contribution is 2.35. The third-order valence-corrected chi connectivity index (χ3v) is 4.68. The summed E-state index contributed by atoms with van der Waals surface area (Å²) in [6.07, 6.45) is 6.38. The molecule has 24 heavy (non-hydrogen) atoms. The van der Waals surface area contributed by atoms with Gasteiger partial charge in [-0.3, -0.25) is 0 Å². The van der Waals surface area contributed by atoms with E-state index in [1.807, 2.05) is 28.2 Å². The predicted octanol–water partition coefficient (Wildman–Crippen LogP) is 4.76. The number of phenolic OH excluding ortho intramolecular Hbond substituents is 1. The van der Waals surface area contributed by atoms with E-state index in [1.54, 1.807) is 0 Å². The van der Waals surface area contributed by atoms with Crippen LogP contribution in [0.15, 0.2) is 12.1 Å². The number of aromatic hydroxyl groups is 1. The number of rotatable bonds is 10. The smallest absolute Gasteiger partial charge is 0.124 e. The standard InChI is InChI=1S/C21H38N2O/c1-8-9-10-11-12-21(2,3)19-13-17(15-22(4)5)20(24)18(14-19)16-23(6)7/h13-14,24H,8-12,15-16H2,1-7H3. The fraction of sp³-hybridized carbons (Fsp3) is 0.714. The molecule has 1 N–H and O–H groups in total. The summed E-state index contributed by atoms with van der Waals surface area (Å²) < 4.78 is 0. The van der Waals surface area contributed by atoms with Crippen molar-refractivity contribution in [1.29, 1.82) is 0 Å². The zero-order chi connectivity index (χ0) is 18.3. The molecule has 0 bridgehead atoms. The summed E-state index contributed by atoms with van der Waals surface area (Å²) in [5, 5.41) is 10.7. The minimum atomic E-state index is 0.142. The van der Waals surface area contributed by atoms with Crippen molar-refractivity contribution in [2.45, 2.75) is 71.4 Å². The Balaban J connectivity index is 3.11. The predicted molar refractivity (Wildman–Crippen MR) is 105 cm³/mol. The first-order chi connectivity index (χ1) is 11.2. The van der Waals surface area contributed by atoms with E-state index in [4.69, 9.17) is 0 Å². The van der Waals surface area contributed by atoms with Gasteiger partial charge in [0.1, 0.15) is 5.75 Å². The molecule has 0 aliphatic heterocycles. The molecule has 0 atom stereocenters. The maximum absolute atomic E-state index is 10.7. The summed E-state index contributed by atoms with van der Waals surface area (Å²) in [6, 6.07) is 4.43. The lowest BCUT2D eigenvalue weighted by Crippen LogP contribution is -2.20. The summed E-state index contributed by atoms with van der Waals surface area (Å²) >= 11 is 0. The number of nitrogens with zero attached hydrogens (tertiary/aromatic N) is 2. The van der Waals surface area contributed by atoms with Gasteiger partial charge in [-0.25, -0.2) is 0 Å². The van der Waals surface area contributed by atoms with E-state index in [0.29, 0.717) is 5.75 Å². The molecule has 1 aromatic rings. The Hall–Kier alpha value is -1.06. The summed E-state index contributed by atoms with van der Waals surface area (Å²) in [5.74, 6) is 0.461. The summed E-state index contributed by atoms with van der Waals surface area (Å²) in [7, 11) is 8.20. The van der Waals surface area contributed by atoms with E-state index in [-0.39, 0.29) is 5.41 Å². The molecular formula is C21H38N2O. The van der Waals surface area contributed by atoms with Gasteiger partial charge in [0.05, 0.1) is 0 Å². The molecule has 0 saturated carbocycles. The van der Waals surface area contributed by atoms with Crippen molar-refractivity contribution in [2.75, 3.05) is 28.2 Å². The number of phenols is 1. The van der Waals surface area contributed by atoms with E-state index >= 15 is 0 Å². The van der Waals surface area contributed by atoms with Crippen molar-refractivity contribution < 1.29 is 5.11 Å². The minimum Gasteiger partial charge on any atom is -0.507 e. The van der Waals surface area contributed by atoms with Crippen molar-refractivity contribution in [3.8, 4) is 5.75 Å². The molecule has 0 aromatic heterocycles. The Morgan fingerprint density at radius 3 is 1.79 bits per heavy atom. The van der Waals surface area contributed by atoms with Gasteiger partial charge in [-0.2, -0.15) is 0 Å². The van der Waals surface area contributed by atoms with Crippen LogP contribution in [0, 0.1) is 0 Å². The molecule has 0 spiro atoms. The van der Waals surface area contributed by atoms with Gasteiger partial charge in [0.15, 0.2) is 0 Å². The highest BCUT2D eigenvalue weighted by molar-refractivity contribution is 5.46. The normalized spacial score (nSPS) is 12.4. The minimum absolute atomic E-state index is 0.142. The van der Waals surface area contributed by atoms with Crippen molar-refractivity contribution in [1.82, 2.24) is 9.80 Å². The zero-order valence-electron chi connectivity index (χ0n) is 16.9. The zero-order valence-corrected chi connectivity index (χ0v) is 16.9. The van der Waals surface area contributed by atoms with E-state index in [1.165, 1.54) is 37.7 Å². The summed E-state index contributed by atoms with van der Waals surface area (Å²) in [5.41, 5.74) is 3.57. The lowest BCUT2D eigenvalue weighted by molar-refractivity contribution is 0.365. The first kappa shape index (κ1) is 21.0. The lowest BCUT2D eigenvalue weighted by Gasteiger charge is -2.28. The van der Waals surface area contributed by atoms with E-state index in [2.05, 4.69) is 42.7 Å². The second-order valence-corrected chi connectivity index (χ2v) is 8.31. The number of hydrogen-bond donors (Lipinski definition) is 1. The molecule has 138 valence electrons. The maximum atomic E-state index is 10.7. The Kier molecular flexibility index (Phi) is 8.24. The van der Waals surface area contributed by atoms with Gasteiger partial charge in [0.25, 0.3) is 0 Å². The van der Waals surface area contributed by atoms with Crippen LogP contribution in [0.5, 0.6) is 5.75 Å². The molecule has 1 rings (SSSR count). The molecule has 3 nitrogen and oxygen atoms in total. The van der Waals surface area contributed by atoms with Gasteiger partial charge in [-0.1, -0.05) is 58.6 Å². The Morgan fingerprint density at radius 2 is 1.38 bits per heavy atom. The first-order valence-electron chi connectivity index (χ1n) is 9.32. The van der Waals surface area contributed by atoms with Crippen molar-refractivity contribution in [3.05, 3.63) is 28.8 Å². The van der Waals surface area contributed by atoms with Gasteiger partial charge >= 0.3 is 0 Å². The molecular weight excluding hydrogens is 296 g/mol. The lowest BCUT2D eigenvalue weighted by atomic mass is 9.78. The Morgan fingerprint density at radius 1 is 0.875 bits per heavy atom. The van der Waals surface area contributed by atoms with Crippen molar-refractivity contribution >= 4 is 0 Å². The van der Waals surface area contributed by atoms with Crippen LogP contribution in [0.1, 0.15) is 69.6 Å². The molecule has 0 radical (unpaired) electrons. The largest absolute Gasteiger partial charge is 0.507 e. The SMILES string of the molecule is CCCCCCC(C)(C)c1cc(CN(C)C)c(O)c(CN(C)C)c1. The van der Waals surface area contributed by atoms with Gasteiger partial charge < -0.3 is 14.9 Å². The van der Waals surface area contributed by atoms with Crippen LogP contribution < -0.4 is 0 Å². The second-order valence-electron chi connectivity index (χ2n) is 8.31. The highest BCUT2D eigenvalue weighted by Gasteiger charge is 2.23. The number of hydrogen-bond acceptors (Lipinski definition) is 3. The quantitative estimate of drug-likeness (QED) is 0.625. The molecule has 0 aliphatic carbocycles. The van der Waals surface area contributed by atoms with Crippen LogP contribution in [0.25, 0.3) is 0 Å². The van der Waals surface area contributed by atoms with E-state index in [9.17, 15) is 5.11 Å². The number of unbranched alkanes of at least 4 members (excludes halogenated alkanes) is 3. The van der Waals surface area contributed by atoms with E-state index in [0.717, 1.165) is 24.2 Å². The molecule has 0 fully saturated rings. The average molecular weight is 335 g/mol. The first-order valence-corrected chi connectivity index (χ1v) is 9.32. The van der Waals surface area contributed by atoms with Crippen LogP contribution in [0.3, 0.4) is 0 Å². The van der Waals surface area contributed by atoms with Gasteiger partial charge in [-0.05, 0) is 45.6 Å². The number of benzene rings is 1. The third kappa shape index (κ3) is 6.45. The van der Waals surface area contributed by atoms with Gasteiger partial charge in [0, 0.05) is 24.2 Å². The van der Waals surface area contributed by atoms with Crippen molar-refractivity contribution in [2.24, 2.45) is 0 Å². The molecule has 0 unspecified atom stereocenters. The Labute approximate surface area is 149 Å². The van der Waals surface area contributed by atoms with Crippen molar-refractivity contribution in [3.63, 3.8) is 0 Å². The highest BCUT2D eigenvalue weighted by atomic mass is 16.3.